The zero-order chi connectivity index (χ0) is 18.9. The normalized spacial score (nSPS) is 20.0. The lowest BCUT2D eigenvalue weighted by Crippen LogP contribution is -2.46. The van der Waals surface area contributed by atoms with Crippen LogP contribution in [0.15, 0.2) is 12.4 Å². The van der Waals surface area contributed by atoms with Crippen molar-refractivity contribution in [1.82, 2.24) is 14.9 Å². The Labute approximate surface area is 153 Å². The largest absolute Gasteiger partial charge is 0.464 e. The number of carbonyl (C=O) groups is 2. The summed E-state index contributed by atoms with van der Waals surface area (Å²) in [5.41, 5.74) is -0.321. The average Bonchev–Trinajstić information content (AvgIpc) is 3.29. The molecule has 0 bridgehead atoms. The predicted octanol–water partition coefficient (Wildman–Crippen LogP) is 2.24. The average molecular weight is 362 g/mol. The molecule has 1 saturated carbocycles. The van der Waals surface area contributed by atoms with Crippen LogP contribution in [-0.4, -0.2) is 64.8 Å². The predicted molar refractivity (Wildman–Crippen MR) is 95.1 cm³/mol. The number of amides is 1. The van der Waals surface area contributed by atoms with Crippen LogP contribution in [0, 0.1) is 0 Å². The second-order valence-corrected chi connectivity index (χ2v) is 7.76. The van der Waals surface area contributed by atoms with Crippen molar-refractivity contribution < 1.29 is 19.1 Å². The summed E-state index contributed by atoms with van der Waals surface area (Å²) in [7, 11) is 1.31. The van der Waals surface area contributed by atoms with Gasteiger partial charge in [-0.05, 0) is 40.0 Å². The number of nitrogens with zero attached hydrogens (tertiary/aromatic N) is 4. The van der Waals surface area contributed by atoms with E-state index in [1.807, 2.05) is 25.7 Å². The first-order valence-corrected chi connectivity index (χ1v) is 8.95. The molecule has 8 nitrogen and oxygen atoms in total. The van der Waals surface area contributed by atoms with Gasteiger partial charge in [0.2, 0.25) is 0 Å². The molecule has 0 spiro atoms. The van der Waals surface area contributed by atoms with Crippen molar-refractivity contribution >= 4 is 17.9 Å². The minimum Gasteiger partial charge on any atom is -0.464 e. The summed E-state index contributed by atoms with van der Waals surface area (Å²) in [5.74, 6) is 0.188. The van der Waals surface area contributed by atoms with E-state index in [2.05, 4.69) is 19.6 Å². The molecule has 1 aromatic heterocycles. The number of carbonyl (C=O) groups excluding carboxylic acids is 2. The first-order chi connectivity index (χ1) is 12.3. The minimum absolute atomic E-state index is 0.0967. The molecule has 0 aromatic carbocycles. The maximum atomic E-state index is 12.6. The van der Waals surface area contributed by atoms with Crippen LogP contribution in [-0.2, 0) is 9.47 Å². The molecular weight excluding hydrogens is 336 g/mol. The Bertz CT molecular complexity index is 667. The molecule has 1 aliphatic heterocycles. The van der Waals surface area contributed by atoms with Gasteiger partial charge in [0, 0.05) is 19.1 Å². The first-order valence-electron chi connectivity index (χ1n) is 8.95. The van der Waals surface area contributed by atoms with E-state index in [4.69, 9.17) is 4.74 Å². The Morgan fingerprint density at radius 1 is 1.15 bits per heavy atom. The van der Waals surface area contributed by atoms with Gasteiger partial charge in [0.05, 0.1) is 25.5 Å². The standard InChI is InChI=1S/C18H26N4O4/c1-18(2,3)26-17(24)22(12-5-6-12)13-7-8-21(11-13)15-10-19-14(9-20-15)16(23)25-4/h9-10,12-13H,5-8,11H2,1-4H3/t13-/m1/s1. The van der Waals surface area contributed by atoms with Crippen LogP contribution >= 0.6 is 0 Å². The van der Waals surface area contributed by atoms with Gasteiger partial charge in [-0.2, -0.15) is 0 Å². The number of methoxy groups -OCH3 is 1. The maximum absolute atomic E-state index is 12.6. The second-order valence-electron chi connectivity index (χ2n) is 7.76. The summed E-state index contributed by atoms with van der Waals surface area (Å²) in [6.45, 7) is 7.12. The molecule has 26 heavy (non-hydrogen) atoms. The lowest BCUT2D eigenvalue weighted by Gasteiger charge is -2.31. The van der Waals surface area contributed by atoms with Gasteiger partial charge in [0.1, 0.15) is 11.4 Å². The van der Waals surface area contributed by atoms with Crippen molar-refractivity contribution in [3.05, 3.63) is 18.1 Å². The van der Waals surface area contributed by atoms with E-state index in [0.29, 0.717) is 12.4 Å². The number of aromatic nitrogens is 2. The highest BCUT2D eigenvalue weighted by atomic mass is 16.6. The lowest BCUT2D eigenvalue weighted by molar-refractivity contribution is 0.0158. The summed E-state index contributed by atoms with van der Waals surface area (Å²) in [5, 5.41) is 0. The van der Waals surface area contributed by atoms with Crippen molar-refractivity contribution in [2.75, 3.05) is 25.1 Å². The Morgan fingerprint density at radius 2 is 1.88 bits per heavy atom. The molecule has 2 heterocycles. The quantitative estimate of drug-likeness (QED) is 0.759. The van der Waals surface area contributed by atoms with Crippen molar-refractivity contribution in [2.45, 2.75) is 57.7 Å². The molecule has 142 valence electrons. The van der Waals surface area contributed by atoms with Crippen LogP contribution in [0.2, 0.25) is 0 Å². The molecule has 1 aromatic rings. The number of anilines is 1. The smallest absolute Gasteiger partial charge is 0.410 e. The van der Waals surface area contributed by atoms with Gasteiger partial charge in [0.15, 0.2) is 5.69 Å². The van der Waals surface area contributed by atoms with E-state index in [0.717, 1.165) is 25.8 Å². The Morgan fingerprint density at radius 3 is 2.42 bits per heavy atom. The summed E-state index contributed by atoms with van der Waals surface area (Å²) in [6, 6.07) is 0.377. The summed E-state index contributed by atoms with van der Waals surface area (Å²) < 4.78 is 10.2. The van der Waals surface area contributed by atoms with Gasteiger partial charge in [-0.3, -0.25) is 0 Å². The third-order valence-electron chi connectivity index (χ3n) is 4.46. The number of esters is 1. The van der Waals surface area contributed by atoms with Gasteiger partial charge in [-0.15, -0.1) is 0 Å². The molecule has 3 rings (SSSR count). The van der Waals surface area contributed by atoms with Crippen LogP contribution in [0.1, 0.15) is 50.5 Å². The third kappa shape index (κ3) is 4.23. The highest BCUT2D eigenvalue weighted by Gasteiger charge is 2.42. The van der Waals surface area contributed by atoms with Gasteiger partial charge < -0.3 is 19.3 Å². The molecule has 1 aliphatic carbocycles. The maximum Gasteiger partial charge on any atom is 0.410 e. The van der Waals surface area contributed by atoms with E-state index >= 15 is 0 Å². The summed E-state index contributed by atoms with van der Waals surface area (Å²) >= 11 is 0. The molecule has 1 amide bonds. The van der Waals surface area contributed by atoms with Gasteiger partial charge >= 0.3 is 12.1 Å². The van der Waals surface area contributed by atoms with Crippen molar-refractivity contribution in [1.29, 1.82) is 0 Å². The van der Waals surface area contributed by atoms with E-state index in [1.165, 1.54) is 13.3 Å². The summed E-state index contributed by atoms with van der Waals surface area (Å²) in [4.78, 5) is 36.5. The van der Waals surface area contributed by atoms with Crippen LogP contribution in [0.5, 0.6) is 0 Å². The zero-order valence-corrected chi connectivity index (χ0v) is 15.8. The molecule has 1 saturated heterocycles. The summed E-state index contributed by atoms with van der Waals surface area (Å²) in [6.07, 6.45) is 5.67. The zero-order valence-electron chi connectivity index (χ0n) is 15.8. The fourth-order valence-electron chi connectivity index (χ4n) is 3.14. The van der Waals surface area contributed by atoms with E-state index < -0.39 is 11.6 Å². The fourth-order valence-corrected chi connectivity index (χ4v) is 3.14. The molecule has 8 heteroatoms. The number of hydrogen-bond acceptors (Lipinski definition) is 7. The van der Waals surface area contributed by atoms with E-state index in [9.17, 15) is 9.59 Å². The Balaban J connectivity index is 1.66. The molecular formula is C18H26N4O4. The number of ether oxygens (including phenoxy) is 2. The second kappa shape index (κ2) is 7.09. The van der Waals surface area contributed by atoms with Crippen molar-refractivity contribution in [3.63, 3.8) is 0 Å². The molecule has 1 atom stereocenters. The van der Waals surface area contributed by atoms with Crippen LogP contribution in [0.3, 0.4) is 0 Å². The SMILES string of the molecule is COC(=O)c1cnc(N2CC[C@@H](N(C(=O)OC(C)(C)C)C3CC3)C2)cn1. The van der Waals surface area contributed by atoms with E-state index in [-0.39, 0.29) is 23.9 Å². The lowest BCUT2D eigenvalue weighted by atomic mass is 10.2. The van der Waals surface area contributed by atoms with Crippen LogP contribution in [0.25, 0.3) is 0 Å². The minimum atomic E-state index is -0.506. The molecule has 2 fully saturated rings. The van der Waals surface area contributed by atoms with Gasteiger partial charge in [-0.1, -0.05) is 0 Å². The van der Waals surface area contributed by atoms with Gasteiger partial charge in [-0.25, -0.2) is 19.6 Å². The molecule has 0 unspecified atom stereocenters. The molecule has 2 aliphatic rings. The highest BCUT2D eigenvalue weighted by molar-refractivity contribution is 5.86. The topological polar surface area (TPSA) is 84.9 Å². The third-order valence-corrected chi connectivity index (χ3v) is 4.46. The molecule has 0 N–H and O–H groups in total. The highest BCUT2D eigenvalue weighted by Crippen LogP contribution is 2.33. The fraction of sp³-hybridized carbons (Fsp3) is 0.667. The van der Waals surface area contributed by atoms with Crippen molar-refractivity contribution in [3.8, 4) is 0 Å². The monoisotopic (exact) mass is 362 g/mol. The van der Waals surface area contributed by atoms with Crippen LogP contribution < -0.4 is 4.90 Å². The van der Waals surface area contributed by atoms with Crippen LogP contribution in [0.4, 0.5) is 10.6 Å². The Hall–Kier alpha value is -2.38. The Kier molecular flexibility index (Phi) is 5.02. The number of rotatable bonds is 4. The van der Waals surface area contributed by atoms with Gasteiger partial charge in [0.25, 0.3) is 0 Å². The number of hydrogen-bond donors (Lipinski definition) is 0. The first kappa shape index (κ1) is 18.4. The molecule has 0 radical (unpaired) electrons. The van der Waals surface area contributed by atoms with Crippen molar-refractivity contribution in [2.24, 2.45) is 0 Å². The van der Waals surface area contributed by atoms with E-state index in [1.54, 1.807) is 6.20 Å².